The Hall–Kier alpha value is -2.50. The Morgan fingerprint density at radius 1 is 1.19 bits per heavy atom. The van der Waals surface area contributed by atoms with Gasteiger partial charge in [-0.2, -0.15) is 0 Å². The maximum atomic E-state index is 13.3. The van der Waals surface area contributed by atoms with E-state index in [1.165, 1.54) is 5.56 Å². The molecule has 0 fully saturated rings. The second kappa shape index (κ2) is 7.81. The molecule has 2 aromatic carbocycles. The number of nitrogens with zero attached hydrogens (tertiary/aromatic N) is 2. The van der Waals surface area contributed by atoms with Crippen molar-refractivity contribution in [3.8, 4) is 5.69 Å². The van der Waals surface area contributed by atoms with Crippen LogP contribution in [-0.2, 0) is 4.74 Å². The van der Waals surface area contributed by atoms with Crippen molar-refractivity contribution in [1.29, 1.82) is 0 Å². The van der Waals surface area contributed by atoms with Gasteiger partial charge in [0.05, 0.1) is 29.2 Å². The standard InChI is InChI=1S/C21H25N3O2/c1-14-9-10-19(15(2)13-14)24-20(16(3)22-11-12-26-4)23-18-8-6-5-7-17(18)21(24)25/h5-10,13,16,22H,11-12H2,1-4H3. The number of aromatic nitrogens is 2. The zero-order valence-corrected chi connectivity index (χ0v) is 15.7. The lowest BCUT2D eigenvalue weighted by Gasteiger charge is -2.21. The molecule has 5 heteroatoms. The van der Waals surface area contributed by atoms with Gasteiger partial charge in [0, 0.05) is 13.7 Å². The molecule has 0 radical (unpaired) electrons. The summed E-state index contributed by atoms with van der Waals surface area (Å²) in [6, 6.07) is 13.5. The summed E-state index contributed by atoms with van der Waals surface area (Å²) in [7, 11) is 1.67. The highest BCUT2D eigenvalue weighted by molar-refractivity contribution is 5.78. The minimum absolute atomic E-state index is 0.0436. The van der Waals surface area contributed by atoms with Gasteiger partial charge in [-0.1, -0.05) is 29.8 Å². The molecule has 1 N–H and O–H groups in total. The van der Waals surface area contributed by atoms with E-state index in [-0.39, 0.29) is 11.6 Å². The zero-order valence-electron chi connectivity index (χ0n) is 15.7. The maximum Gasteiger partial charge on any atom is 0.266 e. The van der Waals surface area contributed by atoms with Gasteiger partial charge in [-0.05, 0) is 44.5 Å². The van der Waals surface area contributed by atoms with E-state index in [1.54, 1.807) is 11.7 Å². The lowest BCUT2D eigenvalue weighted by molar-refractivity contribution is 0.196. The molecule has 0 aliphatic rings. The van der Waals surface area contributed by atoms with Crippen LogP contribution in [0, 0.1) is 13.8 Å². The second-order valence-corrected chi connectivity index (χ2v) is 6.59. The second-order valence-electron chi connectivity index (χ2n) is 6.59. The fourth-order valence-corrected chi connectivity index (χ4v) is 3.20. The van der Waals surface area contributed by atoms with Crippen LogP contribution in [0.5, 0.6) is 0 Å². The fourth-order valence-electron chi connectivity index (χ4n) is 3.20. The molecule has 0 spiro atoms. The minimum atomic E-state index is -0.0943. The van der Waals surface area contributed by atoms with Crippen LogP contribution in [0.1, 0.15) is 29.9 Å². The average molecular weight is 351 g/mol. The number of hydrogen-bond donors (Lipinski definition) is 1. The summed E-state index contributed by atoms with van der Waals surface area (Å²) in [5.41, 5.74) is 3.76. The number of hydrogen-bond acceptors (Lipinski definition) is 4. The molecule has 3 rings (SSSR count). The van der Waals surface area contributed by atoms with Gasteiger partial charge in [-0.25, -0.2) is 4.98 Å². The largest absolute Gasteiger partial charge is 0.383 e. The predicted molar refractivity (Wildman–Crippen MR) is 105 cm³/mol. The fraction of sp³-hybridized carbons (Fsp3) is 0.333. The van der Waals surface area contributed by atoms with Gasteiger partial charge in [-0.3, -0.25) is 9.36 Å². The normalized spacial score (nSPS) is 12.5. The summed E-state index contributed by atoms with van der Waals surface area (Å²) in [4.78, 5) is 18.1. The topological polar surface area (TPSA) is 56.1 Å². The Labute approximate surface area is 153 Å². The number of benzene rings is 2. The highest BCUT2D eigenvalue weighted by Gasteiger charge is 2.18. The first-order valence-corrected chi connectivity index (χ1v) is 8.84. The smallest absolute Gasteiger partial charge is 0.266 e. The molecule has 0 bridgehead atoms. The Balaban J connectivity index is 2.22. The van der Waals surface area contributed by atoms with E-state index < -0.39 is 0 Å². The Morgan fingerprint density at radius 3 is 2.69 bits per heavy atom. The third-order valence-electron chi connectivity index (χ3n) is 4.54. The number of fused-ring (bicyclic) bond motifs is 1. The van der Waals surface area contributed by atoms with Gasteiger partial charge in [-0.15, -0.1) is 0 Å². The summed E-state index contributed by atoms with van der Waals surface area (Å²) in [6.07, 6.45) is 0. The van der Waals surface area contributed by atoms with Crippen molar-refractivity contribution in [1.82, 2.24) is 14.9 Å². The van der Waals surface area contributed by atoms with Crippen LogP contribution >= 0.6 is 0 Å². The molecule has 136 valence electrons. The first kappa shape index (κ1) is 18.3. The van der Waals surface area contributed by atoms with Crippen molar-refractivity contribution in [2.45, 2.75) is 26.8 Å². The first-order valence-electron chi connectivity index (χ1n) is 8.84. The minimum Gasteiger partial charge on any atom is -0.383 e. The SMILES string of the molecule is COCCNC(C)c1nc2ccccc2c(=O)n1-c1ccc(C)cc1C. The molecule has 1 unspecified atom stereocenters. The number of nitrogens with one attached hydrogen (secondary N) is 1. The summed E-state index contributed by atoms with van der Waals surface area (Å²) in [6.45, 7) is 7.38. The van der Waals surface area contributed by atoms with Gasteiger partial charge < -0.3 is 10.1 Å². The van der Waals surface area contributed by atoms with Crippen LogP contribution in [0.4, 0.5) is 0 Å². The van der Waals surface area contributed by atoms with E-state index in [9.17, 15) is 4.79 Å². The molecule has 0 amide bonds. The van der Waals surface area contributed by atoms with Gasteiger partial charge in [0.1, 0.15) is 5.82 Å². The highest BCUT2D eigenvalue weighted by atomic mass is 16.5. The molecule has 0 saturated carbocycles. The quantitative estimate of drug-likeness (QED) is 0.692. The Morgan fingerprint density at radius 2 is 1.96 bits per heavy atom. The van der Waals surface area contributed by atoms with Crippen molar-refractivity contribution in [2.24, 2.45) is 0 Å². The molecule has 26 heavy (non-hydrogen) atoms. The zero-order chi connectivity index (χ0) is 18.7. The van der Waals surface area contributed by atoms with E-state index in [4.69, 9.17) is 9.72 Å². The summed E-state index contributed by atoms with van der Waals surface area (Å²) in [5, 5.41) is 4.01. The third-order valence-corrected chi connectivity index (χ3v) is 4.54. The summed E-state index contributed by atoms with van der Waals surface area (Å²) >= 11 is 0. The van der Waals surface area contributed by atoms with Crippen LogP contribution in [0.2, 0.25) is 0 Å². The molecule has 5 nitrogen and oxygen atoms in total. The first-order chi connectivity index (χ1) is 12.5. The summed E-state index contributed by atoms with van der Waals surface area (Å²) < 4.78 is 6.86. The lowest BCUT2D eigenvalue weighted by Crippen LogP contribution is -2.31. The van der Waals surface area contributed by atoms with Crippen LogP contribution in [0.15, 0.2) is 47.3 Å². The van der Waals surface area contributed by atoms with E-state index in [0.717, 1.165) is 11.3 Å². The Kier molecular flexibility index (Phi) is 5.49. The number of methoxy groups -OCH3 is 1. The third kappa shape index (κ3) is 3.54. The van der Waals surface area contributed by atoms with Crippen molar-refractivity contribution in [3.05, 3.63) is 69.8 Å². The number of rotatable bonds is 6. The van der Waals surface area contributed by atoms with Crippen molar-refractivity contribution in [3.63, 3.8) is 0 Å². The van der Waals surface area contributed by atoms with Crippen LogP contribution in [0.25, 0.3) is 16.6 Å². The van der Waals surface area contributed by atoms with E-state index >= 15 is 0 Å². The van der Waals surface area contributed by atoms with Gasteiger partial charge in [0.25, 0.3) is 5.56 Å². The molecule has 0 saturated heterocycles. The number of para-hydroxylation sites is 1. The molecule has 3 aromatic rings. The molecule has 1 heterocycles. The van der Waals surface area contributed by atoms with Crippen LogP contribution in [0.3, 0.4) is 0 Å². The molecular formula is C21H25N3O2. The van der Waals surface area contributed by atoms with E-state index in [1.807, 2.05) is 57.2 Å². The van der Waals surface area contributed by atoms with Gasteiger partial charge >= 0.3 is 0 Å². The molecule has 0 aliphatic heterocycles. The van der Waals surface area contributed by atoms with E-state index in [0.29, 0.717) is 29.9 Å². The lowest BCUT2D eigenvalue weighted by atomic mass is 10.1. The molecule has 1 atom stereocenters. The van der Waals surface area contributed by atoms with Crippen LogP contribution in [-0.4, -0.2) is 29.8 Å². The predicted octanol–water partition coefficient (Wildman–Crippen LogP) is 3.30. The van der Waals surface area contributed by atoms with Crippen molar-refractivity contribution < 1.29 is 4.74 Å². The molecule has 1 aromatic heterocycles. The highest BCUT2D eigenvalue weighted by Crippen LogP contribution is 2.21. The average Bonchev–Trinajstić information content (AvgIpc) is 2.62. The van der Waals surface area contributed by atoms with Crippen LogP contribution < -0.4 is 10.9 Å². The number of aryl methyl sites for hydroxylation is 2. The van der Waals surface area contributed by atoms with Crippen molar-refractivity contribution in [2.75, 3.05) is 20.3 Å². The maximum absolute atomic E-state index is 13.3. The van der Waals surface area contributed by atoms with E-state index in [2.05, 4.69) is 11.4 Å². The number of ether oxygens (including phenoxy) is 1. The summed E-state index contributed by atoms with van der Waals surface area (Å²) in [5.74, 6) is 0.705. The molecular weight excluding hydrogens is 326 g/mol. The van der Waals surface area contributed by atoms with Crippen molar-refractivity contribution >= 4 is 10.9 Å². The van der Waals surface area contributed by atoms with Gasteiger partial charge in [0.2, 0.25) is 0 Å². The molecule has 0 aliphatic carbocycles. The monoisotopic (exact) mass is 351 g/mol. The Bertz CT molecular complexity index is 979. The van der Waals surface area contributed by atoms with Gasteiger partial charge in [0.15, 0.2) is 0 Å².